The van der Waals surface area contributed by atoms with Crippen LogP contribution in [0.1, 0.15) is 43.0 Å². The van der Waals surface area contributed by atoms with E-state index >= 15 is 0 Å². The van der Waals surface area contributed by atoms with Crippen LogP contribution in [0.3, 0.4) is 0 Å². The third-order valence-corrected chi connectivity index (χ3v) is 16.1. The number of hydrogen-bond donors (Lipinski definition) is 0. The fourth-order valence-electron chi connectivity index (χ4n) is 6.06. The largest absolute Gasteiger partial charge is 1.00 e. The maximum absolute atomic E-state index is 2.52. The predicted molar refractivity (Wildman–Crippen MR) is 147 cm³/mol. The van der Waals surface area contributed by atoms with Crippen LogP contribution in [0, 0.1) is 5.92 Å². The van der Waals surface area contributed by atoms with Crippen molar-refractivity contribution >= 4 is 12.1 Å². The fraction of sp³-hybridized carbons (Fsp3) is 0.147. The molecule has 1 unspecified atom stereocenters. The molecule has 2 aliphatic rings. The van der Waals surface area contributed by atoms with Gasteiger partial charge in [0.15, 0.2) is 0 Å². The van der Waals surface area contributed by atoms with E-state index in [-0.39, 0.29) is 24.8 Å². The Morgan fingerprint density at radius 2 is 1.35 bits per heavy atom. The van der Waals surface area contributed by atoms with Gasteiger partial charge < -0.3 is 24.8 Å². The van der Waals surface area contributed by atoms with Gasteiger partial charge in [0, 0.05) is 0 Å². The Bertz CT molecular complexity index is 1530. The molecule has 0 aromatic heterocycles. The number of benzene rings is 4. The summed E-state index contributed by atoms with van der Waals surface area (Å²) in [5, 5.41) is 0. The zero-order chi connectivity index (χ0) is 23.9. The Morgan fingerprint density at radius 3 is 2.08 bits per heavy atom. The molecule has 4 aromatic carbocycles. The minimum Gasteiger partial charge on any atom is -1.00 e. The van der Waals surface area contributed by atoms with Gasteiger partial charge in [-0.25, -0.2) is 0 Å². The molecule has 184 valence electrons. The number of fused-ring (bicyclic) bond motifs is 3. The molecule has 6 rings (SSSR count). The van der Waals surface area contributed by atoms with E-state index in [4.69, 9.17) is 0 Å². The summed E-state index contributed by atoms with van der Waals surface area (Å²) in [7, 11) is 0. The SMILES string of the molecule is CC1=[C](/[Zr+2](=[C](\C)c2ccccc2)[c]2cccc3c2Cc2ccccc2-3)C(C)C=C1c1ccccc1.[Cl-].[Cl-]. The van der Waals surface area contributed by atoms with E-state index in [1.165, 1.54) is 39.0 Å². The van der Waals surface area contributed by atoms with Crippen molar-refractivity contribution in [3.8, 4) is 11.1 Å². The molecule has 1 atom stereocenters. The van der Waals surface area contributed by atoms with E-state index in [0.29, 0.717) is 5.92 Å². The first-order valence-corrected chi connectivity index (χ1v) is 16.3. The smallest absolute Gasteiger partial charge is 1.00 e. The number of rotatable bonds is 4. The van der Waals surface area contributed by atoms with Crippen LogP contribution in [0.25, 0.3) is 16.7 Å². The molecule has 0 spiro atoms. The second-order valence-electron chi connectivity index (χ2n) is 9.81. The second-order valence-corrected chi connectivity index (χ2v) is 16.1. The molecular weight excluding hydrogens is 571 g/mol. The van der Waals surface area contributed by atoms with Gasteiger partial charge in [-0.15, -0.1) is 0 Å². The summed E-state index contributed by atoms with van der Waals surface area (Å²) in [5.74, 6) is 0.470. The van der Waals surface area contributed by atoms with Crippen LogP contribution in [-0.2, 0) is 27.7 Å². The molecular formula is C34H30Cl2Zr. The minimum atomic E-state index is -2.47. The van der Waals surface area contributed by atoms with Crippen LogP contribution in [0.4, 0.5) is 0 Å². The van der Waals surface area contributed by atoms with Crippen molar-refractivity contribution in [3.63, 3.8) is 0 Å². The number of hydrogen-bond acceptors (Lipinski definition) is 0. The summed E-state index contributed by atoms with van der Waals surface area (Å²) >= 11 is -2.47. The normalized spacial score (nSPS) is 15.7. The van der Waals surface area contributed by atoms with E-state index in [0.717, 1.165) is 6.42 Å². The second kappa shape index (κ2) is 11.6. The fourth-order valence-corrected chi connectivity index (χ4v) is 14.4. The van der Waals surface area contributed by atoms with Crippen molar-refractivity contribution in [2.24, 2.45) is 5.92 Å². The molecule has 37 heavy (non-hydrogen) atoms. The van der Waals surface area contributed by atoms with Crippen LogP contribution >= 0.6 is 0 Å². The van der Waals surface area contributed by atoms with E-state index < -0.39 is 21.3 Å². The third kappa shape index (κ3) is 4.95. The van der Waals surface area contributed by atoms with E-state index in [9.17, 15) is 0 Å². The first-order chi connectivity index (χ1) is 17.1. The van der Waals surface area contributed by atoms with Gasteiger partial charge in [-0.2, -0.15) is 0 Å². The van der Waals surface area contributed by atoms with Gasteiger partial charge in [-0.05, 0) is 0 Å². The zero-order valence-electron chi connectivity index (χ0n) is 21.4. The maximum Gasteiger partial charge on any atom is -1.00 e. The summed E-state index contributed by atoms with van der Waals surface area (Å²) in [4.78, 5) is 0. The Hall–Kier alpha value is -2.31. The van der Waals surface area contributed by atoms with Gasteiger partial charge in [0.2, 0.25) is 0 Å². The topological polar surface area (TPSA) is 0 Å². The van der Waals surface area contributed by atoms with Crippen LogP contribution in [0.15, 0.2) is 118 Å². The van der Waals surface area contributed by atoms with Crippen molar-refractivity contribution in [2.45, 2.75) is 27.2 Å². The van der Waals surface area contributed by atoms with Crippen LogP contribution in [0.2, 0.25) is 0 Å². The molecule has 0 fully saturated rings. The molecule has 0 aliphatic heterocycles. The summed E-state index contributed by atoms with van der Waals surface area (Å²) in [6, 6.07) is 38.2. The molecule has 3 heteroatoms. The molecule has 0 N–H and O–H groups in total. The van der Waals surface area contributed by atoms with Crippen molar-refractivity contribution < 1.29 is 46.1 Å². The van der Waals surface area contributed by atoms with Crippen molar-refractivity contribution in [3.05, 3.63) is 140 Å². The van der Waals surface area contributed by atoms with Crippen molar-refractivity contribution in [1.82, 2.24) is 0 Å². The molecule has 0 amide bonds. The predicted octanol–water partition coefficient (Wildman–Crippen LogP) is 1.76. The summed E-state index contributed by atoms with van der Waals surface area (Å²) < 4.78 is 5.02. The molecule has 2 aliphatic carbocycles. The quantitative estimate of drug-likeness (QED) is 0.295. The first kappa shape index (κ1) is 27.7. The average Bonchev–Trinajstić information content (AvgIpc) is 3.43. The summed E-state index contributed by atoms with van der Waals surface area (Å²) in [5.41, 5.74) is 11.6. The van der Waals surface area contributed by atoms with Gasteiger partial charge >= 0.3 is 218 Å². The Morgan fingerprint density at radius 1 is 0.730 bits per heavy atom. The standard InChI is InChI=1S/C13H9.C13H13.C8H8.2ClH.Zr/c1-3-7-12-10(5-1)9-11-6-2-4-8-13(11)12;1-10-8-11(2)13(9-10)12-6-4-3-5-7-12;1-2-8-6-4-3-5-7-8;;;/h1-5,7-8H,9H2;3-7,9-10H,1-2H3;3-7H,1H3;2*1H;/q;;;;;+2/p-2. The summed E-state index contributed by atoms with van der Waals surface area (Å²) in [6.45, 7) is 7.24. The maximum atomic E-state index is 2.52. The van der Waals surface area contributed by atoms with Crippen molar-refractivity contribution in [2.75, 3.05) is 0 Å². The van der Waals surface area contributed by atoms with Gasteiger partial charge in [-0.1, -0.05) is 0 Å². The van der Waals surface area contributed by atoms with E-state index in [2.05, 4.69) is 130 Å². The zero-order valence-corrected chi connectivity index (χ0v) is 25.4. The Balaban J connectivity index is 0.00000160. The van der Waals surface area contributed by atoms with Gasteiger partial charge in [0.25, 0.3) is 0 Å². The van der Waals surface area contributed by atoms with E-state index in [1.54, 1.807) is 15.3 Å². The first-order valence-electron chi connectivity index (χ1n) is 12.6. The number of allylic oxidation sites excluding steroid dienone is 4. The van der Waals surface area contributed by atoms with Gasteiger partial charge in [0.1, 0.15) is 0 Å². The van der Waals surface area contributed by atoms with Crippen molar-refractivity contribution in [1.29, 1.82) is 0 Å². The van der Waals surface area contributed by atoms with Crippen LogP contribution < -0.4 is 28.1 Å². The van der Waals surface area contributed by atoms with Gasteiger partial charge in [0.05, 0.1) is 0 Å². The Labute approximate surface area is 241 Å². The molecule has 0 nitrogen and oxygen atoms in total. The molecule has 0 saturated heterocycles. The minimum absolute atomic E-state index is 0. The molecule has 4 aromatic rings. The molecule has 0 heterocycles. The third-order valence-electron chi connectivity index (χ3n) is 7.74. The van der Waals surface area contributed by atoms with Gasteiger partial charge in [-0.3, -0.25) is 0 Å². The van der Waals surface area contributed by atoms with E-state index in [1.807, 2.05) is 0 Å². The monoisotopic (exact) mass is 598 g/mol. The summed E-state index contributed by atoms with van der Waals surface area (Å²) in [6.07, 6.45) is 3.59. The molecule has 0 radical (unpaired) electrons. The van der Waals surface area contributed by atoms with Crippen LogP contribution in [-0.4, -0.2) is 3.21 Å². The number of halogens is 2. The molecule has 0 bridgehead atoms. The molecule has 0 saturated carbocycles. The van der Waals surface area contributed by atoms with Crippen LogP contribution in [0.5, 0.6) is 0 Å². The average molecular weight is 601 g/mol. The Kier molecular flexibility index (Phi) is 8.70.